The zero-order chi connectivity index (χ0) is 20.4. The van der Waals surface area contributed by atoms with Gasteiger partial charge in [-0.1, -0.05) is 24.3 Å². The number of allylic oxidation sites excluding steroid dienone is 2. The summed E-state index contributed by atoms with van der Waals surface area (Å²) in [6, 6.07) is 13.6. The summed E-state index contributed by atoms with van der Waals surface area (Å²) in [7, 11) is 1.95. The third-order valence-electron chi connectivity index (χ3n) is 4.84. The topological polar surface area (TPSA) is 52.0 Å². The van der Waals surface area contributed by atoms with Crippen LogP contribution in [0.2, 0.25) is 0 Å². The maximum absolute atomic E-state index is 12.3. The van der Waals surface area contributed by atoms with Crippen LogP contribution in [-0.4, -0.2) is 28.2 Å². The first kappa shape index (κ1) is 19.0. The van der Waals surface area contributed by atoms with Gasteiger partial charge in [0.05, 0.1) is 5.69 Å². The molecular weight excluding hydrogens is 381 g/mol. The molecule has 0 bridgehead atoms. The van der Waals surface area contributed by atoms with Crippen molar-refractivity contribution in [2.75, 3.05) is 7.05 Å². The molecule has 5 nitrogen and oxygen atoms in total. The van der Waals surface area contributed by atoms with Crippen LogP contribution in [0.15, 0.2) is 60.6 Å². The second kappa shape index (κ2) is 7.62. The summed E-state index contributed by atoms with van der Waals surface area (Å²) in [6.45, 7) is 0. The quantitative estimate of drug-likeness (QED) is 0.659. The molecule has 0 saturated heterocycles. The minimum Gasteiger partial charge on any atom is -0.406 e. The number of nitrogens with one attached hydrogen (secondary N) is 1. The zero-order valence-electron chi connectivity index (χ0n) is 15.7. The van der Waals surface area contributed by atoms with Gasteiger partial charge < -0.3 is 10.1 Å². The lowest BCUT2D eigenvalue weighted by Crippen LogP contribution is -2.17. The van der Waals surface area contributed by atoms with Crippen molar-refractivity contribution in [2.24, 2.45) is 0 Å². The minimum absolute atomic E-state index is 0.278. The van der Waals surface area contributed by atoms with E-state index in [1.54, 1.807) is 0 Å². The van der Waals surface area contributed by atoms with E-state index < -0.39 is 6.36 Å². The van der Waals surface area contributed by atoms with E-state index in [-0.39, 0.29) is 5.75 Å². The molecule has 1 heterocycles. The molecule has 0 unspecified atom stereocenters. The van der Waals surface area contributed by atoms with Crippen molar-refractivity contribution >= 4 is 5.57 Å². The molecule has 0 amide bonds. The highest BCUT2D eigenvalue weighted by Crippen LogP contribution is 2.33. The molecule has 1 aliphatic carbocycles. The monoisotopic (exact) mass is 400 g/mol. The summed E-state index contributed by atoms with van der Waals surface area (Å²) in [4.78, 5) is 4.32. The van der Waals surface area contributed by atoms with E-state index >= 15 is 0 Å². The Balaban J connectivity index is 1.52. The molecule has 150 valence electrons. The highest BCUT2D eigenvalue weighted by molar-refractivity contribution is 5.72. The number of nitrogens with zero attached hydrogens (tertiary/aromatic N) is 3. The number of hydrogen-bond donors (Lipinski definition) is 1. The summed E-state index contributed by atoms with van der Waals surface area (Å²) in [6.07, 6.45) is 0.118. The van der Waals surface area contributed by atoms with Gasteiger partial charge in [0.2, 0.25) is 0 Å². The van der Waals surface area contributed by atoms with Gasteiger partial charge >= 0.3 is 6.36 Å². The molecule has 0 radical (unpaired) electrons. The van der Waals surface area contributed by atoms with E-state index in [1.807, 2.05) is 19.2 Å². The van der Waals surface area contributed by atoms with Crippen LogP contribution in [0.5, 0.6) is 5.75 Å². The van der Waals surface area contributed by atoms with Crippen LogP contribution in [0.4, 0.5) is 13.2 Å². The molecule has 8 heteroatoms. The van der Waals surface area contributed by atoms with Crippen molar-refractivity contribution in [1.82, 2.24) is 20.1 Å². The van der Waals surface area contributed by atoms with Gasteiger partial charge in [-0.05, 0) is 54.7 Å². The number of hydrogen-bond acceptors (Lipinski definition) is 4. The molecule has 0 saturated carbocycles. The molecule has 1 N–H and O–H groups in total. The van der Waals surface area contributed by atoms with Gasteiger partial charge in [0.25, 0.3) is 0 Å². The molecule has 3 aromatic rings. The summed E-state index contributed by atoms with van der Waals surface area (Å²) in [5, 5.41) is 7.71. The summed E-state index contributed by atoms with van der Waals surface area (Å²) in [5.74, 6) is 0.265. The van der Waals surface area contributed by atoms with Crippen LogP contribution >= 0.6 is 0 Å². The number of ether oxygens (including phenoxy) is 1. The predicted molar refractivity (Wildman–Crippen MR) is 103 cm³/mol. The van der Waals surface area contributed by atoms with Gasteiger partial charge in [0.1, 0.15) is 12.1 Å². The largest absolute Gasteiger partial charge is 0.573 e. The van der Waals surface area contributed by atoms with Crippen molar-refractivity contribution in [3.05, 3.63) is 66.1 Å². The van der Waals surface area contributed by atoms with Gasteiger partial charge in [0.15, 0.2) is 5.82 Å². The van der Waals surface area contributed by atoms with E-state index in [9.17, 15) is 13.2 Å². The highest BCUT2D eigenvalue weighted by Gasteiger charge is 2.31. The molecule has 0 aliphatic heterocycles. The number of alkyl halides is 3. The van der Waals surface area contributed by atoms with Crippen LogP contribution in [0.1, 0.15) is 24.8 Å². The first-order chi connectivity index (χ1) is 13.9. The van der Waals surface area contributed by atoms with E-state index in [0.29, 0.717) is 11.5 Å². The lowest BCUT2D eigenvalue weighted by molar-refractivity contribution is -0.274. The van der Waals surface area contributed by atoms with Crippen LogP contribution in [0.25, 0.3) is 22.6 Å². The van der Waals surface area contributed by atoms with Crippen LogP contribution < -0.4 is 10.1 Å². The average Bonchev–Trinajstić information content (AvgIpc) is 3.37. The molecule has 2 aromatic carbocycles. The Labute approximate surface area is 165 Å². The van der Waals surface area contributed by atoms with Crippen LogP contribution in [-0.2, 0) is 0 Å². The maximum atomic E-state index is 12.3. The molecule has 0 atom stereocenters. The van der Waals surface area contributed by atoms with E-state index in [1.165, 1.54) is 52.1 Å². The number of benzene rings is 2. The number of rotatable bonds is 5. The van der Waals surface area contributed by atoms with Crippen molar-refractivity contribution in [1.29, 1.82) is 0 Å². The van der Waals surface area contributed by atoms with Crippen molar-refractivity contribution in [3.8, 4) is 22.8 Å². The average molecular weight is 400 g/mol. The fourth-order valence-corrected chi connectivity index (χ4v) is 3.48. The van der Waals surface area contributed by atoms with E-state index in [0.717, 1.165) is 24.8 Å². The summed E-state index contributed by atoms with van der Waals surface area (Å²) in [5.41, 5.74) is 5.28. The fraction of sp³-hybridized carbons (Fsp3) is 0.238. The fourth-order valence-electron chi connectivity index (χ4n) is 3.48. The van der Waals surface area contributed by atoms with Crippen molar-refractivity contribution in [3.63, 3.8) is 0 Å². The van der Waals surface area contributed by atoms with E-state index in [2.05, 4.69) is 32.3 Å². The Hall–Kier alpha value is -3.29. The highest BCUT2D eigenvalue weighted by atomic mass is 19.4. The van der Waals surface area contributed by atoms with Crippen molar-refractivity contribution < 1.29 is 17.9 Å². The Morgan fingerprint density at radius 2 is 1.66 bits per heavy atom. The Kier molecular flexibility index (Phi) is 5.00. The summed E-state index contributed by atoms with van der Waals surface area (Å²) >= 11 is 0. The maximum Gasteiger partial charge on any atom is 0.573 e. The van der Waals surface area contributed by atoms with Crippen LogP contribution in [0.3, 0.4) is 0 Å². The summed E-state index contributed by atoms with van der Waals surface area (Å²) < 4.78 is 42.2. The van der Waals surface area contributed by atoms with Crippen molar-refractivity contribution in [2.45, 2.75) is 25.6 Å². The minimum atomic E-state index is -4.71. The zero-order valence-corrected chi connectivity index (χ0v) is 15.7. The Bertz CT molecular complexity index is 1020. The standard InChI is InChI=1S/C21H19F3N4O/c1-25-19-4-2-3-18(19)14-5-7-15(8-6-14)20-26-13-28(27-20)16-9-11-17(12-10-16)29-21(22,23)24/h5-13,25H,2-4H2,1H3. The molecular formula is C21H19F3N4O. The molecule has 1 aliphatic rings. The first-order valence-electron chi connectivity index (χ1n) is 9.21. The lowest BCUT2D eigenvalue weighted by atomic mass is 10.0. The molecule has 0 fully saturated rings. The number of aromatic nitrogens is 3. The third-order valence-corrected chi connectivity index (χ3v) is 4.84. The Morgan fingerprint density at radius 3 is 2.31 bits per heavy atom. The molecule has 29 heavy (non-hydrogen) atoms. The van der Waals surface area contributed by atoms with Gasteiger partial charge in [-0.15, -0.1) is 18.3 Å². The van der Waals surface area contributed by atoms with Gasteiger partial charge in [-0.3, -0.25) is 0 Å². The smallest absolute Gasteiger partial charge is 0.406 e. The van der Waals surface area contributed by atoms with E-state index in [4.69, 9.17) is 0 Å². The molecule has 1 aromatic heterocycles. The number of halogens is 3. The van der Waals surface area contributed by atoms with Gasteiger partial charge in [-0.25, -0.2) is 9.67 Å². The van der Waals surface area contributed by atoms with Crippen LogP contribution in [0, 0.1) is 0 Å². The predicted octanol–water partition coefficient (Wildman–Crippen LogP) is 4.95. The second-order valence-corrected chi connectivity index (χ2v) is 6.69. The Morgan fingerprint density at radius 1 is 0.966 bits per heavy atom. The SMILES string of the molecule is CNC1=C(c2ccc(-c3ncn(-c4ccc(OC(F)(F)F)cc4)n3)cc2)CCC1. The molecule has 4 rings (SSSR count). The molecule has 0 spiro atoms. The third kappa shape index (κ3) is 4.26. The van der Waals surface area contributed by atoms with Gasteiger partial charge in [0, 0.05) is 18.3 Å². The second-order valence-electron chi connectivity index (χ2n) is 6.69. The normalized spacial score (nSPS) is 14.3. The lowest BCUT2D eigenvalue weighted by Gasteiger charge is -2.09. The van der Waals surface area contributed by atoms with Gasteiger partial charge in [-0.2, -0.15) is 0 Å². The first-order valence-corrected chi connectivity index (χ1v) is 9.21.